The van der Waals surface area contributed by atoms with Gasteiger partial charge in [-0.1, -0.05) is 13.3 Å². The highest BCUT2D eigenvalue weighted by Gasteiger charge is 2.09. The molecule has 1 aliphatic rings. The van der Waals surface area contributed by atoms with Crippen molar-refractivity contribution in [1.82, 2.24) is 10.6 Å². The van der Waals surface area contributed by atoms with Crippen LogP contribution in [0.5, 0.6) is 0 Å². The molecule has 0 aromatic carbocycles. The number of hydrogen-bond donors (Lipinski definition) is 3. The van der Waals surface area contributed by atoms with Crippen LogP contribution < -0.4 is 16.4 Å². The third-order valence-corrected chi connectivity index (χ3v) is 1.96. The topological polar surface area (TPSA) is 74.8 Å². The Balaban J connectivity index is 2.55. The maximum absolute atomic E-state index is 5.61. The number of rotatable bonds is 3. The molecule has 0 aliphatic carbocycles. The quantitative estimate of drug-likeness (QED) is 0.559. The van der Waals surface area contributed by atoms with E-state index < -0.39 is 0 Å². The van der Waals surface area contributed by atoms with Gasteiger partial charge in [0.2, 0.25) is 5.96 Å². The van der Waals surface area contributed by atoms with Crippen molar-refractivity contribution in [2.75, 3.05) is 13.1 Å². The first-order valence-corrected chi connectivity index (χ1v) is 5.11. The molecule has 14 heavy (non-hydrogen) atoms. The van der Waals surface area contributed by atoms with Crippen LogP contribution in [-0.2, 0) is 0 Å². The van der Waals surface area contributed by atoms with Crippen LogP contribution in [0.1, 0.15) is 26.7 Å². The molecule has 4 N–H and O–H groups in total. The maximum atomic E-state index is 5.61. The van der Waals surface area contributed by atoms with Crippen LogP contribution in [0.4, 0.5) is 0 Å². The normalized spacial score (nSPS) is 24.9. The van der Waals surface area contributed by atoms with Crippen LogP contribution in [-0.4, -0.2) is 31.1 Å². The Labute approximate surface area is 84.9 Å². The summed E-state index contributed by atoms with van der Waals surface area (Å²) in [6.45, 7) is 5.80. The third kappa shape index (κ3) is 3.64. The lowest BCUT2D eigenvalue weighted by Crippen LogP contribution is -2.38. The van der Waals surface area contributed by atoms with E-state index in [0.717, 1.165) is 25.9 Å². The minimum atomic E-state index is 0.306. The monoisotopic (exact) mass is 197 g/mol. The van der Waals surface area contributed by atoms with E-state index in [1.165, 1.54) is 0 Å². The fourth-order valence-electron chi connectivity index (χ4n) is 1.14. The summed E-state index contributed by atoms with van der Waals surface area (Å²) in [6, 6.07) is 0.306. The summed E-state index contributed by atoms with van der Waals surface area (Å²) in [5.41, 5.74) is 5.61. The van der Waals surface area contributed by atoms with E-state index in [2.05, 4.69) is 34.5 Å². The minimum Gasteiger partial charge on any atom is -0.370 e. The van der Waals surface area contributed by atoms with Gasteiger partial charge < -0.3 is 16.4 Å². The summed E-state index contributed by atoms with van der Waals surface area (Å²) in [4.78, 5) is 8.45. The van der Waals surface area contributed by atoms with Crippen molar-refractivity contribution in [2.24, 2.45) is 15.7 Å². The molecule has 0 amide bonds. The summed E-state index contributed by atoms with van der Waals surface area (Å²) in [7, 11) is 0. The Bertz CT molecular complexity index is 233. The van der Waals surface area contributed by atoms with Crippen molar-refractivity contribution in [2.45, 2.75) is 32.7 Å². The lowest BCUT2D eigenvalue weighted by atomic mass is 10.3. The zero-order chi connectivity index (χ0) is 10.4. The predicted octanol–water partition coefficient (Wildman–Crippen LogP) is 0.0385. The van der Waals surface area contributed by atoms with Crippen molar-refractivity contribution >= 4 is 11.9 Å². The number of nitrogens with zero attached hydrogens (tertiary/aromatic N) is 2. The Morgan fingerprint density at radius 1 is 1.64 bits per heavy atom. The van der Waals surface area contributed by atoms with Crippen LogP contribution in [0.2, 0.25) is 0 Å². The zero-order valence-electron chi connectivity index (χ0n) is 8.88. The highest BCUT2D eigenvalue weighted by atomic mass is 15.2. The largest absolute Gasteiger partial charge is 0.370 e. The molecule has 0 saturated heterocycles. The number of hydrogen-bond acceptors (Lipinski definition) is 3. The van der Waals surface area contributed by atoms with Gasteiger partial charge in [0.05, 0.1) is 0 Å². The van der Waals surface area contributed by atoms with Crippen molar-refractivity contribution in [3.05, 3.63) is 0 Å². The molecule has 0 aromatic rings. The summed E-state index contributed by atoms with van der Waals surface area (Å²) in [5.74, 6) is 1.09. The summed E-state index contributed by atoms with van der Waals surface area (Å²) >= 11 is 0. The molecule has 0 aromatic heterocycles. The van der Waals surface area contributed by atoms with Gasteiger partial charge >= 0.3 is 0 Å². The smallest absolute Gasteiger partial charge is 0.221 e. The molecule has 1 atom stereocenters. The summed E-state index contributed by atoms with van der Waals surface area (Å²) < 4.78 is 0. The molecular weight excluding hydrogens is 178 g/mol. The molecule has 80 valence electrons. The Morgan fingerprint density at radius 3 is 3.14 bits per heavy atom. The van der Waals surface area contributed by atoms with E-state index in [0.29, 0.717) is 18.0 Å². The number of aliphatic imine (C=N–C) groups is 2. The van der Waals surface area contributed by atoms with Gasteiger partial charge in [-0.05, 0) is 13.3 Å². The highest BCUT2D eigenvalue weighted by Crippen LogP contribution is 1.92. The second-order valence-corrected chi connectivity index (χ2v) is 3.48. The first-order chi connectivity index (χ1) is 6.72. The maximum Gasteiger partial charge on any atom is 0.221 e. The average molecular weight is 197 g/mol. The first-order valence-electron chi connectivity index (χ1n) is 5.11. The number of nitrogens with one attached hydrogen (secondary N) is 2. The molecule has 0 spiro atoms. The standard InChI is InChI=1S/C9H19N5/c1-3-4-5-11-9-13-7(2)6-12-8(10)14-9/h7H,3-6H2,1-2H3,(H4,10,11,12,13,14)/t7-/m0/s1. The van der Waals surface area contributed by atoms with Gasteiger partial charge in [-0.15, -0.1) is 0 Å². The van der Waals surface area contributed by atoms with E-state index in [1.54, 1.807) is 0 Å². The molecule has 5 heteroatoms. The Morgan fingerprint density at radius 2 is 2.43 bits per heavy atom. The third-order valence-electron chi connectivity index (χ3n) is 1.96. The molecule has 0 bridgehead atoms. The van der Waals surface area contributed by atoms with Gasteiger partial charge in [0.15, 0.2) is 5.96 Å². The Hall–Kier alpha value is -1.26. The minimum absolute atomic E-state index is 0.306. The highest BCUT2D eigenvalue weighted by molar-refractivity contribution is 5.95. The second kappa shape index (κ2) is 5.47. The van der Waals surface area contributed by atoms with E-state index in [-0.39, 0.29) is 0 Å². The molecule has 0 unspecified atom stereocenters. The van der Waals surface area contributed by atoms with Gasteiger partial charge in [0, 0.05) is 19.1 Å². The SMILES string of the molecule is CCCCN=C1N=C(N)NC[C@H](C)N1. The lowest BCUT2D eigenvalue weighted by Gasteiger charge is -2.09. The zero-order valence-corrected chi connectivity index (χ0v) is 8.88. The van der Waals surface area contributed by atoms with Crippen LogP contribution in [0.25, 0.3) is 0 Å². The van der Waals surface area contributed by atoms with Crippen LogP contribution >= 0.6 is 0 Å². The van der Waals surface area contributed by atoms with E-state index >= 15 is 0 Å². The van der Waals surface area contributed by atoms with E-state index in [9.17, 15) is 0 Å². The molecule has 1 aliphatic heterocycles. The van der Waals surface area contributed by atoms with Crippen LogP contribution in [0.15, 0.2) is 9.98 Å². The molecule has 0 saturated carbocycles. The van der Waals surface area contributed by atoms with Gasteiger partial charge in [0.25, 0.3) is 0 Å². The van der Waals surface area contributed by atoms with Gasteiger partial charge in [0.1, 0.15) is 0 Å². The lowest BCUT2D eigenvalue weighted by molar-refractivity contribution is 0.643. The molecule has 0 fully saturated rings. The molecule has 1 rings (SSSR count). The van der Waals surface area contributed by atoms with Crippen molar-refractivity contribution in [3.8, 4) is 0 Å². The van der Waals surface area contributed by atoms with Crippen LogP contribution in [0.3, 0.4) is 0 Å². The van der Waals surface area contributed by atoms with Crippen LogP contribution in [0, 0.1) is 0 Å². The molecule has 5 nitrogen and oxygen atoms in total. The summed E-state index contributed by atoms with van der Waals surface area (Å²) in [5, 5.41) is 6.19. The van der Waals surface area contributed by atoms with E-state index in [4.69, 9.17) is 5.73 Å². The fraction of sp³-hybridized carbons (Fsp3) is 0.778. The predicted molar refractivity (Wildman–Crippen MR) is 59.4 cm³/mol. The number of guanidine groups is 2. The first kappa shape index (κ1) is 10.8. The van der Waals surface area contributed by atoms with Crippen molar-refractivity contribution in [1.29, 1.82) is 0 Å². The fourth-order valence-corrected chi connectivity index (χ4v) is 1.14. The van der Waals surface area contributed by atoms with Crippen molar-refractivity contribution in [3.63, 3.8) is 0 Å². The summed E-state index contributed by atoms with van der Waals surface area (Å²) in [6.07, 6.45) is 2.23. The van der Waals surface area contributed by atoms with Gasteiger partial charge in [-0.25, -0.2) is 0 Å². The Kier molecular flexibility index (Phi) is 4.22. The molecule has 0 radical (unpaired) electrons. The van der Waals surface area contributed by atoms with Gasteiger partial charge in [-0.2, -0.15) is 4.99 Å². The number of nitrogens with two attached hydrogens (primary N) is 1. The van der Waals surface area contributed by atoms with E-state index in [1.807, 2.05) is 0 Å². The molecule has 1 heterocycles. The molecular formula is C9H19N5. The van der Waals surface area contributed by atoms with Gasteiger partial charge in [-0.3, -0.25) is 4.99 Å². The average Bonchev–Trinajstić information content (AvgIpc) is 2.29. The number of unbranched alkanes of at least 4 members (excludes halogenated alkanes) is 1. The second-order valence-electron chi connectivity index (χ2n) is 3.48. The van der Waals surface area contributed by atoms with Crippen molar-refractivity contribution < 1.29 is 0 Å².